The summed E-state index contributed by atoms with van der Waals surface area (Å²) in [6.07, 6.45) is 7.10. The Kier molecular flexibility index (Phi) is 16.9. The monoisotopic (exact) mass is 446 g/mol. The number of aliphatic hydroxyl groups is 1. The summed E-state index contributed by atoms with van der Waals surface area (Å²) in [4.78, 5) is 0. The molecule has 0 aromatic carbocycles. The van der Waals surface area contributed by atoms with Gasteiger partial charge in [-0.15, -0.1) is 0 Å². The van der Waals surface area contributed by atoms with Crippen molar-refractivity contribution in [2.75, 3.05) is 33.0 Å². The molecule has 1 saturated heterocycles. The van der Waals surface area contributed by atoms with E-state index < -0.39 is 6.10 Å². The van der Waals surface area contributed by atoms with Crippen LogP contribution in [0.5, 0.6) is 0 Å². The highest BCUT2D eigenvalue weighted by molar-refractivity contribution is 4.92. The molecule has 1 N–H and O–H groups in total. The average molecular weight is 447 g/mol. The lowest BCUT2D eigenvalue weighted by atomic mass is 9.93. The van der Waals surface area contributed by atoms with E-state index in [2.05, 4.69) is 27.7 Å². The standard InChI is InChI=1S/C25H50O6/c1-6-10-14-27-19-23-25(30-17-13-9-4)22(29-16-12-8-3)18-21(31-23)24(26)20(5)28-15-11-7-2/h20-26H,6-19H2,1-5H3/t20?,21-,22-,23-,24?,25-/m1/s1. The van der Waals surface area contributed by atoms with Crippen molar-refractivity contribution in [3.05, 3.63) is 0 Å². The summed E-state index contributed by atoms with van der Waals surface area (Å²) < 4.78 is 30.7. The van der Waals surface area contributed by atoms with Crippen LogP contribution in [0.2, 0.25) is 0 Å². The minimum Gasteiger partial charge on any atom is -0.388 e. The molecule has 6 nitrogen and oxygen atoms in total. The molecule has 6 heteroatoms. The van der Waals surface area contributed by atoms with Crippen LogP contribution in [0.4, 0.5) is 0 Å². The summed E-state index contributed by atoms with van der Waals surface area (Å²) in [6.45, 7) is 13.7. The molecule has 0 spiro atoms. The fourth-order valence-electron chi connectivity index (χ4n) is 3.69. The first kappa shape index (κ1) is 28.8. The molecule has 6 atom stereocenters. The Balaban J connectivity index is 2.85. The zero-order valence-corrected chi connectivity index (χ0v) is 20.9. The second-order valence-electron chi connectivity index (χ2n) is 8.75. The average Bonchev–Trinajstić information content (AvgIpc) is 2.77. The first-order valence-corrected chi connectivity index (χ1v) is 12.8. The molecule has 0 aromatic heterocycles. The van der Waals surface area contributed by atoms with Crippen molar-refractivity contribution in [2.45, 2.75) is 129 Å². The van der Waals surface area contributed by atoms with Crippen molar-refractivity contribution in [3.63, 3.8) is 0 Å². The fraction of sp³-hybridized carbons (Fsp3) is 1.00. The van der Waals surface area contributed by atoms with Gasteiger partial charge in [0, 0.05) is 32.8 Å². The van der Waals surface area contributed by atoms with E-state index in [-0.39, 0.29) is 30.5 Å². The summed E-state index contributed by atoms with van der Waals surface area (Å²) in [7, 11) is 0. The van der Waals surface area contributed by atoms with E-state index in [1.807, 2.05) is 6.92 Å². The van der Waals surface area contributed by atoms with E-state index >= 15 is 0 Å². The van der Waals surface area contributed by atoms with E-state index in [9.17, 15) is 5.11 Å². The molecule has 0 bridgehead atoms. The maximum Gasteiger partial charge on any atom is 0.112 e. The SMILES string of the molecule is CCCCOC[C@H]1O[C@@H](C(O)C(C)OCCCC)C[C@@H](OCCCC)[C@H]1OCCCC. The van der Waals surface area contributed by atoms with Crippen molar-refractivity contribution in [2.24, 2.45) is 0 Å². The van der Waals surface area contributed by atoms with Crippen molar-refractivity contribution in [1.82, 2.24) is 0 Å². The summed E-state index contributed by atoms with van der Waals surface area (Å²) in [5, 5.41) is 11.0. The third-order valence-corrected chi connectivity index (χ3v) is 5.85. The van der Waals surface area contributed by atoms with Crippen LogP contribution in [0.15, 0.2) is 0 Å². The largest absolute Gasteiger partial charge is 0.388 e. The van der Waals surface area contributed by atoms with Crippen LogP contribution in [-0.4, -0.2) is 74.8 Å². The van der Waals surface area contributed by atoms with Gasteiger partial charge in [-0.2, -0.15) is 0 Å². The highest BCUT2D eigenvalue weighted by Gasteiger charge is 2.43. The predicted molar refractivity (Wildman–Crippen MR) is 125 cm³/mol. The summed E-state index contributed by atoms with van der Waals surface area (Å²) in [5.41, 5.74) is 0. The summed E-state index contributed by atoms with van der Waals surface area (Å²) in [6, 6.07) is 0. The van der Waals surface area contributed by atoms with Gasteiger partial charge in [-0.3, -0.25) is 0 Å². The van der Waals surface area contributed by atoms with Crippen LogP contribution in [0.1, 0.15) is 92.4 Å². The molecule has 0 aliphatic carbocycles. The molecule has 1 heterocycles. The van der Waals surface area contributed by atoms with Crippen molar-refractivity contribution in [3.8, 4) is 0 Å². The van der Waals surface area contributed by atoms with Crippen LogP contribution in [0.3, 0.4) is 0 Å². The Bertz CT molecular complexity index is 407. The molecule has 0 radical (unpaired) electrons. The maximum absolute atomic E-state index is 11.0. The summed E-state index contributed by atoms with van der Waals surface area (Å²) >= 11 is 0. The molecule has 0 saturated carbocycles. The Morgan fingerprint density at radius 1 is 0.839 bits per heavy atom. The van der Waals surface area contributed by atoms with Gasteiger partial charge >= 0.3 is 0 Å². The van der Waals surface area contributed by atoms with Gasteiger partial charge in [-0.05, 0) is 32.6 Å². The molecule has 1 fully saturated rings. The Morgan fingerprint density at radius 2 is 1.42 bits per heavy atom. The van der Waals surface area contributed by atoms with E-state index in [1.54, 1.807) is 0 Å². The maximum atomic E-state index is 11.0. The van der Waals surface area contributed by atoms with E-state index in [1.165, 1.54) is 0 Å². The number of hydrogen-bond donors (Lipinski definition) is 1. The smallest absolute Gasteiger partial charge is 0.112 e. The van der Waals surface area contributed by atoms with Gasteiger partial charge in [-0.25, -0.2) is 0 Å². The first-order valence-electron chi connectivity index (χ1n) is 12.8. The molecule has 1 aliphatic rings. The van der Waals surface area contributed by atoms with Crippen LogP contribution in [0.25, 0.3) is 0 Å². The molecule has 1 rings (SSSR count). The van der Waals surface area contributed by atoms with E-state index in [0.29, 0.717) is 39.5 Å². The third kappa shape index (κ3) is 11.4. The molecule has 0 amide bonds. The van der Waals surface area contributed by atoms with Crippen LogP contribution in [-0.2, 0) is 23.7 Å². The Hall–Kier alpha value is -0.240. The molecule has 186 valence electrons. The zero-order chi connectivity index (χ0) is 22.9. The molecular weight excluding hydrogens is 396 g/mol. The molecule has 31 heavy (non-hydrogen) atoms. The van der Waals surface area contributed by atoms with E-state index in [4.69, 9.17) is 23.7 Å². The Labute approximate surface area is 191 Å². The first-order chi connectivity index (χ1) is 15.1. The lowest BCUT2D eigenvalue weighted by Gasteiger charge is -2.43. The number of aliphatic hydroxyl groups excluding tert-OH is 1. The minimum atomic E-state index is -0.705. The fourth-order valence-corrected chi connectivity index (χ4v) is 3.69. The van der Waals surface area contributed by atoms with Gasteiger partial charge in [0.1, 0.15) is 18.3 Å². The lowest BCUT2D eigenvalue weighted by Crippen LogP contribution is -2.56. The quantitative estimate of drug-likeness (QED) is 0.285. The Morgan fingerprint density at radius 3 is 2.06 bits per heavy atom. The molecular formula is C25H50O6. The van der Waals surface area contributed by atoms with Crippen LogP contribution in [0, 0.1) is 0 Å². The van der Waals surface area contributed by atoms with Gasteiger partial charge < -0.3 is 28.8 Å². The second kappa shape index (κ2) is 18.2. The van der Waals surface area contributed by atoms with E-state index in [0.717, 1.165) is 51.4 Å². The minimum absolute atomic E-state index is 0.112. The number of rotatable bonds is 19. The second-order valence-corrected chi connectivity index (χ2v) is 8.75. The van der Waals surface area contributed by atoms with Gasteiger partial charge in [-0.1, -0.05) is 53.4 Å². The van der Waals surface area contributed by atoms with Crippen molar-refractivity contribution < 1.29 is 28.8 Å². The molecule has 0 aromatic rings. The number of ether oxygens (including phenoxy) is 5. The lowest BCUT2D eigenvalue weighted by molar-refractivity contribution is -0.239. The van der Waals surface area contributed by atoms with Gasteiger partial charge in [0.15, 0.2) is 0 Å². The van der Waals surface area contributed by atoms with Crippen LogP contribution >= 0.6 is 0 Å². The topological polar surface area (TPSA) is 66.4 Å². The molecule has 1 aliphatic heterocycles. The predicted octanol–water partition coefficient (Wildman–Crippen LogP) is 4.90. The van der Waals surface area contributed by atoms with Gasteiger partial charge in [0.2, 0.25) is 0 Å². The van der Waals surface area contributed by atoms with Gasteiger partial charge in [0.05, 0.1) is 24.9 Å². The van der Waals surface area contributed by atoms with Gasteiger partial charge in [0.25, 0.3) is 0 Å². The molecule has 2 unspecified atom stereocenters. The summed E-state index contributed by atoms with van der Waals surface area (Å²) in [5.74, 6) is 0. The third-order valence-electron chi connectivity index (χ3n) is 5.85. The number of hydrogen-bond acceptors (Lipinski definition) is 6. The normalized spacial score (nSPS) is 26.1. The van der Waals surface area contributed by atoms with Crippen molar-refractivity contribution in [1.29, 1.82) is 0 Å². The zero-order valence-electron chi connectivity index (χ0n) is 20.9. The number of unbranched alkanes of at least 4 members (excludes halogenated alkanes) is 4. The highest BCUT2D eigenvalue weighted by atomic mass is 16.6. The van der Waals surface area contributed by atoms with Crippen LogP contribution < -0.4 is 0 Å². The van der Waals surface area contributed by atoms with Crippen molar-refractivity contribution >= 4 is 0 Å². The highest BCUT2D eigenvalue weighted by Crippen LogP contribution is 2.29.